The Morgan fingerprint density at radius 2 is 2.15 bits per heavy atom. The number of nitrogen functional groups attached to an aromatic ring is 1. The van der Waals surface area contributed by atoms with Crippen LogP contribution in [0.3, 0.4) is 0 Å². The summed E-state index contributed by atoms with van der Waals surface area (Å²) in [5.74, 6) is 0.764. The number of benzene rings is 1. The fourth-order valence-corrected chi connectivity index (χ4v) is 5.14. The van der Waals surface area contributed by atoms with Crippen molar-refractivity contribution in [3.05, 3.63) is 46.1 Å². The Balaban J connectivity index is 1.65. The van der Waals surface area contributed by atoms with Gasteiger partial charge >= 0.3 is 0 Å². The van der Waals surface area contributed by atoms with Crippen molar-refractivity contribution in [1.29, 1.82) is 0 Å². The van der Waals surface area contributed by atoms with Crippen molar-refractivity contribution in [2.24, 2.45) is 0 Å². The van der Waals surface area contributed by atoms with Gasteiger partial charge in [0.25, 0.3) is 0 Å². The predicted molar refractivity (Wildman–Crippen MR) is 105 cm³/mol. The molecule has 4 nitrogen and oxygen atoms in total. The van der Waals surface area contributed by atoms with Gasteiger partial charge in [0.2, 0.25) is 0 Å². The third-order valence-corrected chi connectivity index (χ3v) is 6.90. The summed E-state index contributed by atoms with van der Waals surface area (Å²) in [5, 5.41) is 1.54. The average Bonchev–Trinajstić information content (AvgIpc) is 2.99. The average molecular weight is 390 g/mol. The smallest absolute Gasteiger partial charge is 0.191 e. The van der Waals surface area contributed by atoms with Crippen molar-refractivity contribution in [3.63, 3.8) is 0 Å². The molecule has 7 heteroatoms. The number of nitrogens with two attached hydrogens (primary N) is 1. The summed E-state index contributed by atoms with van der Waals surface area (Å²) >= 11 is 3.02. The standard InChI is InChI=1S/C19H20FN3OS2/c1-3-19(2)8-12-14(9-24-19)26-17-15(12)16(21)22-18(23-17)25-10-11-6-4-5-7-13(11)20/h4-7H,3,8-10H2,1-2H3,(H2,21,22,23). The Kier molecular flexibility index (Phi) is 4.62. The molecule has 26 heavy (non-hydrogen) atoms. The van der Waals surface area contributed by atoms with Crippen molar-refractivity contribution in [1.82, 2.24) is 9.97 Å². The van der Waals surface area contributed by atoms with Gasteiger partial charge in [-0.05, 0) is 30.5 Å². The van der Waals surface area contributed by atoms with E-state index in [1.54, 1.807) is 23.5 Å². The second-order valence-electron chi connectivity index (χ2n) is 6.72. The molecule has 0 spiro atoms. The molecule has 1 atom stereocenters. The van der Waals surface area contributed by atoms with Crippen LogP contribution in [0, 0.1) is 5.82 Å². The molecule has 0 amide bonds. The highest BCUT2D eigenvalue weighted by atomic mass is 32.2. The molecule has 3 heterocycles. The van der Waals surface area contributed by atoms with Gasteiger partial charge in [0.15, 0.2) is 5.16 Å². The molecular weight excluding hydrogens is 369 g/mol. The van der Waals surface area contributed by atoms with E-state index in [9.17, 15) is 4.39 Å². The fourth-order valence-electron chi connectivity index (χ4n) is 3.13. The molecule has 4 rings (SSSR count). The van der Waals surface area contributed by atoms with Crippen molar-refractivity contribution >= 4 is 39.1 Å². The largest absolute Gasteiger partial charge is 0.383 e. The van der Waals surface area contributed by atoms with Crippen LogP contribution in [0.4, 0.5) is 10.2 Å². The summed E-state index contributed by atoms with van der Waals surface area (Å²) in [6, 6.07) is 6.76. The first kappa shape index (κ1) is 17.7. The molecule has 1 aliphatic heterocycles. The zero-order valence-corrected chi connectivity index (χ0v) is 16.3. The van der Waals surface area contributed by atoms with Gasteiger partial charge in [0, 0.05) is 17.1 Å². The van der Waals surface area contributed by atoms with Gasteiger partial charge in [-0.2, -0.15) is 0 Å². The number of hydrogen-bond donors (Lipinski definition) is 1. The Hall–Kier alpha value is -1.70. The topological polar surface area (TPSA) is 61.0 Å². The molecule has 0 saturated heterocycles. The van der Waals surface area contributed by atoms with E-state index in [2.05, 4.69) is 23.8 Å². The molecule has 1 aromatic carbocycles. The third kappa shape index (κ3) is 3.19. The van der Waals surface area contributed by atoms with Crippen LogP contribution in [-0.4, -0.2) is 15.6 Å². The van der Waals surface area contributed by atoms with Crippen LogP contribution < -0.4 is 5.73 Å². The van der Waals surface area contributed by atoms with Crippen LogP contribution in [0.5, 0.6) is 0 Å². The molecule has 0 radical (unpaired) electrons. The maximum Gasteiger partial charge on any atom is 0.191 e. The number of fused-ring (bicyclic) bond motifs is 3. The van der Waals surface area contributed by atoms with Crippen LogP contribution in [0.2, 0.25) is 0 Å². The lowest BCUT2D eigenvalue weighted by atomic mass is 9.90. The molecule has 1 unspecified atom stereocenters. The quantitative estimate of drug-likeness (QED) is 0.505. The van der Waals surface area contributed by atoms with Crippen LogP contribution >= 0.6 is 23.1 Å². The van der Waals surface area contributed by atoms with E-state index < -0.39 is 0 Å². The summed E-state index contributed by atoms with van der Waals surface area (Å²) in [6.45, 7) is 4.86. The molecule has 136 valence electrons. The first-order chi connectivity index (χ1) is 12.5. The number of halogens is 1. The zero-order chi connectivity index (χ0) is 18.3. The maximum atomic E-state index is 13.8. The highest BCUT2D eigenvalue weighted by Gasteiger charge is 2.33. The summed E-state index contributed by atoms with van der Waals surface area (Å²) in [4.78, 5) is 11.2. The van der Waals surface area contributed by atoms with Gasteiger partial charge in [-0.15, -0.1) is 11.3 Å². The predicted octanol–water partition coefficient (Wildman–Crippen LogP) is 4.95. The molecule has 2 N–H and O–H groups in total. The molecule has 3 aromatic rings. The molecular formula is C19H20FN3OS2. The lowest BCUT2D eigenvalue weighted by Crippen LogP contribution is -2.33. The number of anilines is 1. The molecule has 2 aromatic heterocycles. The van der Waals surface area contributed by atoms with E-state index in [4.69, 9.17) is 10.5 Å². The lowest BCUT2D eigenvalue weighted by Gasteiger charge is -2.33. The van der Waals surface area contributed by atoms with E-state index >= 15 is 0 Å². The van der Waals surface area contributed by atoms with E-state index in [0.29, 0.717) is 28.9 Å². The van der Waals surface area contributed by atoms with Gasteiger partial charge in [-0.3, -0.25) is 0 Å². The van der Waals surface area contributed by atoms with Crippen molar-refractivity contribution in [2.45, 2.75) is 49.8 Å². The minimum Gasteiger partial charge on any atom is -0.383 e. The van der Waals surface area contributed by atoms with Gasteiger partial charge in [0.05, 0.1) is 17.6 Å². The first-order valence-corrected chi connectivity index (χ1v) is 10.4. The molecule has 0 saturated carbocycles. The van der Waals surface area contributed by atoms with Gasteiger partial charge < -0.3 is 10.5 Å². The number of hydrogen-bond acceptors (Lipinski definition) is 6. The minimum atomic E-state index is -0.211. The SMILES string of the molecule is CCC1(C)Cc2c(sc3nc(SCc4ccccc4F)nc(N)c23)CO1. The molecule has 1 aliphatic rings. The van der Waals surface area contributed by atoms with E-state index in [0.717, 1.165) is 23.1 Å². The number of ether oxygens (including phenoxy) is 1. The van der Waals surface area contributed by atoms with Crippen LogP contribution in [0.1, 0.15) is 36.3 Å². The Bertz CT molecular complexity index is 975. The Morgan fingerprint density at radius 1 is 1.35 bits per heavy atom. The van der Waals surface area contributed by atoms with Crippen LogP contribution in [0.15, 0.2) is 29.4 Å². The highest BCUT2D eigenvalue weighted by Crippen LogP contribution is 2.41. The van der Waals surface area contributed by atoms with Crippen molar-refractivity contribution in [2.75, 3.05) is 5.73 Å². The van der Waals surface area contributed by atoms with Crippen molar-refractivity contribution in [3.8, 4) is 0 Å². The number of thiophene rings is 1. The van der Waals surface area contributed by atoms with E-state index in [-0.39, 0.29) is 11.4 Å². The number of rotatable bonds is 4. The highest BCUT2D eigenvalue weighted by molar-refractivity contribution is 7.98. The number of aromatic nitrogens is 2. The molecule has 0 bridgehead atoms. The Labute approximate surface area is 160 Å². The summed E-state index contributed by atoms with van der Waals surface area (Å²) in [7, 11) is 0. The van der Waals surface area contributed by atoms with Crippen molar-refractivity contribution < 1.29 is 9.13 Å². The zero-order valence-electron chi connectivity index (χ0n) is 14.7. The third-order valence-electron chi connectivity index (χ3n) is 4.91. The first-order valence-electron chi connectivity index (χ1n) is 8.57. The summed E-state index contributed by atoms with van der Waals surface area (Å²) in [5.41, 5.74) is 7.98. The van der Waals surface area contributed by atoms with E-state index in [1.165, 1.54) is 28.3 Å². The molecule has 0 fully saturated rings. The van der Waals surface area contributed by atoms with Crippen LogP contribution in [-0.2, 0) is 23.5 Å². The molecule has 0 aliphatic carbocycles. The lowest BCUT2D eigenvalue weighted by molar-refractivity contribution is -0.0542. The number of nitrogens with zero attached hydrogens (tertiary/aromatic N) is 2. The second-order valence-corrected chi connectivity index (χ2v) is 8.75. The number of thioether (sulfide) groups is 1. The monoisotopic (exact) mass is 389 g/mol. The Morgan fingerprint density at radius 3 is 2.92 bits per heavy atom. The summed E-state index contributed by atoms with van der Waals surface area (Å²) < 4.78 is 19.8. The minimum absolute atomic E-state index is 0.161. The second kappa shape index (κ2) is 6.79. The van der Waals surface area contributed by atoms with Gasteiger partial charge in [-0.1, -0.05) is 36.9 Å². The van der Waals surface area contributed by atoms with Gasteiger partial charge in [-0.25, -0.2) is 14.4 Å². The van der Waals surface area contributed by atoms with Crippen LogP contribution in [0.25, 0.3) is 10.2 Å². The van der Waals surface area contributed by atoms with Gasteiger partial charge in [0.1, 0.15) is 16.5 Å². The fraction of sp³-hybridized carbons (Fsp3) is 0.368. The normalized spacial score (nSPS) is 19.7. The maximum absolute atomic E-state index is 13.8. The summed E-state index contributed by atoms with van der Waals surface area (Å²) in [6.07, 6.45) is 1.77. The van der Waals surface area contributed by atoms with E-state index in [1.807, 2.05) is 6.07 Å².